The Bertz CT molecular complexity index is 772. The molecule has 1 heterocycles. The Balaban J connectivity index is 1.65. The van der Waals surface area contributed by atoms with Gasteiger partial charge in [0.2, 0.25) is 6.17 Å². The van der Waals surface area contributed by atoms with E-state index < -0.39 is 0 Å². The summed E-state index contributed by atoms with van der Waals surface area (Å²) in [6, 6.07) is 11.2. The van der Waals surface area contributed by atoms with Crippen LogP contribution in [0.1, 0.15) is 199 Å². The number of hydrogen-bond acceptors (Lipinski definition) is 2. The first-order valence-electron chi connectivity index (χ1n) is 19.8. The van der Waals surface area contributed by atoms with Crippen molar-refractivity contribution in [1.29, 1.82) is 0 Å². The minimum atomic E-state index is 0.496. The van der Waals surface area contributed by atoms with Gasteiger partial charge in [-0.2, -0.15) is 0 Å². The van der Waals surface area contributed by atoms with E-state index in [0.29, 0.717) is 11.8 Å². The van der Waals surface area contributed by atoms with Gasteiger partial charge in [0.15, 0.2) is 12.4 Å². The predicted octanol–water partition coefficient (Wildman–Crippen LogP) is 14.1. The Morgan fingerprint density at radius 3 is 1.23 bits per heavy atom. The molecular weight excluding hydrogens is 532 g/mol. The minimum absolute atomic E-state index is 0.496. The summed E-state index contributed by atoms with van der Waals surface area (Å²) < 4.78 is 0. The second-order valence-electron chi connectivity index (χ2n) is 14.0. The lowest BCUT2D eigenvalue weighted by molar-refractivity contribution is 0.284. The van der Waals surface area contributed by atoms with Gasteiger partial charge in [-0.05, 0) is 30.7 Å². The van der Waals surface area contributed by atoms with E-state index in [1.165, 1.54) is 185 Å². The number of rotatable bonds is 32. The fourth-order valence-electron chi connectivity index (χ4n) is 7.19. The van der Waals surface area contributed by atoms with E-state index >= 15 is 0 Å². The van der Waals surface area contributed by atoms with Gasteiger partial charge in [0, 0.05) is 0 Å². The summed E-state index contributed by atoms with van der Waals surface area (Å²) >= 11 is 0. The second-order valence-corrected chi connectivity index (χ2v) is 14.0. The number of aliphatic imine (C=N–C) groups is 2. The zero-order valence-corrected chi connectivity index (χ0v) is 29.6. The Kier molecular flexibility index (Phi) is 25.3. The quantitative estimate of drug-likeness (QED) is 0.0576. The third kappa shape index (κ3) is 20.5. The number of hydrogen-bond donors (Lipinski definition) is 0. The lowest BCUT2D eigenvalue weighted by atomic mass is 9.78. The fourth-order valence-corrected chi connectivity index (χ4v) is 7.19. The molecule has 0 bridgehead atoms. The molecule has 0 aliphatic carbocycles. The third-order valence-corrected chi connectivity index (χ3v) is 10.0. The Morgan fingerprint density at radius 2 is 0.818 bits per heavy atom. The van der Waals surface area contributed by atoms with E-state index in [4.69, 9.17) is 9.98 Å². The van der Waals surface area contributed by atoms with E-state index in [2.05, 4.69) is 44.2 Å². The summed E-state index contributed by atoms with van der Waals surface area (Å²) in [6.07, 6.45) is 45.6. The molecule has 44 heavy (non-hydrogen) atoms. The van der Waals surface area contributed by atoms with Gasteiger partial charge in [0.1, 0.15) is 0 Å². The summed E-state index contributed by atoms with van der Waals surface area (Å²) in [4.78, 5) is 9.51. The van der Waals surface area contributed by atoms with Gasteiger partial charge in [-0.25, -0.2) is 0 Å². The van der Waals surface area contributed by atoms with Gasteiger partial charge < -0.3 is 0 Å². The van der Waals surface area contributed by atoms with Crippen LogP contribution in [0.2, 0.25) is 0 Å². The number of nitrogens with zero attached hydrogens (tertiary/aromatic N) is 2. The van der Waals surface area contributed by atoms with E-state index in [1.807, 2.05) is 12.4 Å². The van der Waals surface area contributed by atoms with Crippen molar-refractivity contribution in [3.63, 3.8) is 0 Å². The molecule has 250 valence electrons. The van der Waals surface area contributed by atoms with Gasteiger partial charge >= 0.3 is 0 Å². The van der Waals surface area contributed by atoms with Gasteiger partial charge in [0.25, 0.3) is 0 Å². The van der Waals surface area contributed by atoms with Crippen LogP contribution in [0.3, 0.4) is 0 Å². The zero-order chi connectivity index (χ0) is 31.2. The first-order chi connectivity index (χ1) is 21.8. The molecule has 1 aromatic rings. The predicted molar refractivity (Wildman–Crippen MR) is 198 cm³/mol. The van der Waals surface area contributed by atoms with E-state index in [9.17, 15) is 0 Å². The molecule has 0 saturated heterocycles. The molecule has 2 rings (SSSR count). The largest absolute Gasteiger partial charge is 0.244 e. The van der Waals surface area contributed by atoms with Crippen LogP contribution in [0.15, 0.2) is 40.3 Å². The van der Waals surface area contributed by atoms with E-state index in [-0.39, 0.29) is 0 Å². The molecule has 0 N–H and O–H groups in total. The van der Waals surface area contributed by atoms with Crippen molar-refractivity contribution < 1.29 is 0 Å². The average molecular weight is 606 g/mol. The highest BCUT2D eigenvalue weighted by Gasteiger charge is 2.35. The van der Waals surface area contributed by atoms with Crippen LogP contribution in [0, 0.1) is 18.0 Å². The SMILES string of the molecule is CCCCCCCCCCCCCCCCCCC(Cc1ccccc1)C(CCCCCCCCCCCC)[C+]1N=CC=N1. The molecule has 0 fully saturated rings. The smallest absolute Gasteiger partial charge is 0.0965 e. The summed E-state index contributed by atoms with van der Waals surface area (Å²) in [5.41, 5.74) is 1.48. The standard InChI is InChI=1S/C42H73N2/c1-3-5-7-9-11-13-15-16-17-18-19-20-21-23-25-30-34-40(38-39-32-28-27-29-33-39)41(42-43-36-37-44-42)35-31-26-24-22-14-12-10-8-6-4-2/h27-29,32-33,36-37,40-41H,3-26,30-31,34-35,38H2,1-2H3/q+1. The van der Waals surface area contributed by atoms with Crippen LogP contribution < -0.4 is 0 Å². The molecule has 2 nitrogen and oxygen atoms in total. The molecule has 0 spiro atoms. The fraction of sp³-hybridized carbons (Fsp3) is 0.786. The molecule has 0 saturated carbocycles. The van der Waals surface area contributed by atoms with Gasteiger partial charge in [-0.15, -0.1) is 0 Å². The highest BCUT2D eigenvalue weighted by molar-refractivity contribution is 6.18. The molecule has 2 unspecified atom stereocenters. The van der Waals surface area contributed by atoms with Crippen LogP contribution >= 0.6 is 0 Å². The maximum Gasteiger partial charge on any atom is 0.244 e. The molecule has 1 aliphatic rings. The minimum Gasteiger partial charge on any atom is -0.0965 e. The summed E-state index contributed by atoms with van der Waals surface area (Å²) in [5, 5.41) is 0. The van der Waals surface area contributed by atoms with Gasteiger partial charge in [0.05, 0.1) is 5.92 Å². The molecule has 0 amide bonds. The Morgan fingerprint density at radius 1 is 0.455 bits per heavy atom. The molecular formula is C42H73N2+. The van der Waals surface area contributed by atoms with E-state index in [0.717, 1.165) is 12.6 Å². The van der Waals surface area contributed by atoms with Crippen molar-refractivity contribution in [2.75, 3.05) is 0 Å². The molecule has 2 atom stereocenters. The van der Waals surface area contributed by atoms with Crippen molar-refractivity contribution in [2.24, 2.45) is 21.8 Å². The first kappa shape index (κ1) is 38.6. The number of unbranched alkanes of at least 4 members (excludes halogenated alkanes) is 24. The monoisotopic (exact) mass is 606 g/mol. The van der Waals surface area contributed by atoms with E-state index in [1.54, 1.807) is 0 Å². The second kappa shape index (κ2) is 28.9. The lowest BCUT2D eigenvalue weighted by Gasteiger charge is -2.26. The lowest BCUT2D eigenvalue weighted by Crippen LogP contribution is -2.22. The summed E-state index contributed by atoms with van der Waals surface area (Å²) in [5.74, 6) is 1.14. The molecule has 0 radical (unpaired) electrons. The zero-order valence-electron chi connectivity index (χ0n) is 29.6. The average Bonchev–Trinajstić information content (AvgIpc) is 3.58. The van der Waals surface area contributed by atoms with Crippen LogP contribution in [-0.4, -0.2) is 12.4 Å². The van der Waals surface area contributed by atoms with Crippen molar-refractivity contribution in [3.05, 3.63) is 42.1 Å². The molecule has 0 aromatic heterocycles. The normalized spacial score (nSPS) is 14.1. The summed E-state index contributed by atoms with van der Waals surface area (Å²) in [6.45, 7) is 4.61. The molecule has 1 aliphatic heterocycles. The maximum absolute atomic E-state index is 4.76. The van der Waals surface area contributed by atoms with Crippen molar-refractivity contribution in [2.45, 2.75) is 200 Å². The Labute approximate surface area is 275 Å². The van der Waals surface area contributed by atoms with Crippen LogP contribution in [0.5, 0.6) is 0 Å². The van der Waals surface area contributed by atoms with Crippen molar-refractivity contribution >= 4 is 12.4 Å². The highest BCUT2D eigenvalue weighted by atomic mass is 15.0. The first-order valence-corrected chi connectivity index (χ1v) is 19.8. The Hall–Kier alpha value is -1.57. The third-order valence-electron chi connectivity index (χ3n) is 10.0. The van der Waals surface area contributed by atoms with Crippen molar-refractivity contribution in [1.82, 2.24) is 0 Å². The number of benzene rings is 1. The maximum atomic E-state index is 4.76. The van der Waals surface area contributed by atoms with Crippen LogP contribution in [0.4, 0.5) is 0 Å². The van der Waals surface area contributed by atoms with Crippen molar-refractivity contribution in [3.8, 4) is 0 Å². The van der Waals surface area contributed by atoms with Gasteiger partial charge in [-0.3, -0.25) is 0 Å². The molecule has 2 heteroatoms. The summed E-state index contributed by atoms with van der Waals surface area (Å²) in [7, 11) is 0. The molecule has 1 aromatic carbocycles. The van der Waals surface area contributed by atoms with Crippen LogP contribution in [-0.2, 0) is 6.42 Å². The topological polar surface area (TPSA) is 24.7 Å². The highest BCUT2D eigenvalue weighted by Crippen LogP contribution is 2.37. The van der Waals surface area contributed by atoms with Gasteiger partial charge in [-0.1, -0.05) is 221 Å². The van der Waals surface area contributed by atoms with Crippen LogP contribution in [0.25, 0.3) is 0 Å².